The van der Waals surface area contributed by atoms with E-state index in [1.165, 1.54) is 6.07 Å². The highest BCUT2D eigenvalue weighted by Gasteiger charge is 2.12. The van der Waals surface area contributed by atoms with Crippen LogP contribution in [0.4, 0.5) is 4.39 Å². The van der Waals surface area contributed by atoms with Crippen LogP contribution in [-0.2, 0) is 0 Å². The average Bonchev–Trinajstić information content (AvgIpc) is 2.21. The summed E-state index contributed by atoms with van der Waals surface area (Å²) >= 11 is 0. The van der Waals surface area contributed by atoms with E-state index in [1.54, 1.807) is 19.1 Å². The Hall–Kier alpha value is -0.930. The smallest absolute Gasteiger partial charge is 0.127 e. The van der Waals surface area contributed by atoms with Crippen molar-refractivity contribution in [2.75, 3.05) is 6.54 Å². The van der Waals surface area contributed by atoms with Crippen molar-refractivity contribution in [3.8, 4) is 0 Å². The molecule has 1 aromatic carbocycles. The van der Waals surface area contributed by atoms with Crippen molar-refractivity contribution in [1.29, 1.82) is 0 Å². The summed E-state index contributed by atoms with van der Waals surface area (Å²) < 4.78 is 13.4. The third-order valence-electron chi connectivity index (χ3n) is 2.35. The van der Waals surface area contributed by atoms with Gasteiger partial charge in [-0.15, -0.1) is 0 Å². The van der Waals surface area contributed by atoms with Crippen LogP contribution in [0.25, 0.3) is 0 Å². The second kappa shape index (κ2) is 5.83. The molecule has 0 spiro atoms. The van der Waals surface area contributed by atoms with E-state index in [2.05, 4.69) is 5.32 Å². The van der Waals surface area contributed by atoms with Gasteiger partial charge < -0.3 is 10.4 Å². The minimum absolute atomic E-state index is 0.0270. The molecule has 2 N–H and O–H groups in total. The Morgan fingerprint density at radius 2 is 2.07 bits per heavy atom. The maximum atomic E-state index is 13.4. The third kappa shape index (κ3) is 3.61. The molecule has 84 valence electrons. The molecule has 0 amide bonds. The lowest BCUT2D eigenvalue weighted by atomic mass is 10.0. The third-order valence-corrected chi connectivity index (χ3v) is 2.35. The highest BCUT2D eigenvalue weighted by atomic mass is 19.1. The predicted octanol–water partition coefficient (Wildman–Crippen LogP) is 2.25. The molecule has 0 aromatic heterocycles. The normalized spacial score (nSPS) is 14.9. The Kier molecular flexibility index (Phi) is 4.72. The number of hydrogen-bond donors (Lipinski definition) is 2. The first kappa shape index (κ1) is 12.1. The van der Waals surface area contributed by atoms with Gasteiger partial charge in [-0.2, -0.15) is 0 Å². The summed E-state index contributed by atoms with van der Waals surface area (Å²) in [6.45, 7) is 4.18. The van der Waals surface area contributed by atoms with Crippen LogP contribution in [0.3, 0.4) is 0 Å². The quantitative estimate of drug-likeness (QED) is 0.783. The zero-order valence-corrected chi connectivity index (χ0v) is 9.20. The van der Waals surface area contributed by atoms with E-state index in [0.29, 0.717) is 12.1 Å². The van der Waals surface area contributed by atoms with Crippen LogP contribution in [0.1, 0.15) is 31.9 Å². The topological polar surface area (TPSA) is 32.3 Å². The maximum absolute atomic E-state index is 13.4. The number of nitrogens with one attached hydrogen (secondary N) is 1. The first-order chi connectivity index (χ1) is 7.15. The molecule has 1 rings (SSSR count). The Morgan fingerprint density at radius 3 is 2.60 bits per heavy atom. The Labute approximate surface area is 90.1 Å². The molecule has 2 nitrogen and oxygen atoms in total. The molecular formula is C12H18FNO. The van der Waals surface area contributed by atoms with Gasteiger partial charge >= 0.3 is 0 Å². The molecule has 0 fully saturated rings. The lowest BCUT2D eigenvalue weighted by Gasteiger charge is -2.18. The van der Waals surface area contributed by atoms with Gasteiger partial charge in [0.1, 0.15) is 5.82 Å². The van der Waals surface area contributed by atoms with Gasteiger partial charge in [-0.1, -0.05) is 25.1 Å². The summed E-state index contributed by atoms with van der Waals surface area (Å²) in [5, 5.41) is 12.3. The van der Waals surface area contributed by atoms with Crippen LogP contribution >= 0.6 is 0 Å². The summed E-state index contributed by atoms with van der Waals surface area (Å²) in [6, 6.07) is 6.71. The van der Waals surface area contributed by atoms with E-state index < -0.39 is 6.10 Å². The van der Waals surface area contributed by atoms with Crippen LogP contribution in [0.2, 0.25) is 0 Å². The minimum atomic E-state index is -0.411. The Bertz CT molecular complexity index is 301. The lowest BCUT2D eigenvalue weighted by molar-refractivity contribution is 0.185. The Balaban J connectivity index is 2.70. The molecule has 3 heteroatoms. The molecule has 0 saturated heterocycles. The maximum Gasteiger partial charge on any atom is 0.127 e. The highest BCUT2D eigenvalue weighted by molar-refractivity contribution is 5.21. The van der Waals surface area contributed by atoms with E-state index in [-0.39, 0.29) is 11.9 Å². The zero-order chi connectivity index (χ0) is 11.3. The molecule has 0 aliphatic carbocycles. The summed E-state index contributed by atoms with van der Waals surface area (Å²) in [7, 11) is 0. The van der Waals surface area contributed by atoms with Crippen molar-refractivity contribution >= 4 is 0 Å². The van der Waals surface area contributed by atoms with Gasteiger partial charge in [0.2, 0.25) is 0 Å². The molecule has 1 unspecified atom stereocenters. The average molecular weight is 211 g/mol. The molecule has 0 saturated carbocycles. The van der Waals surface area contributed by atoms with E-state index in [1.807, 2.05) is 13.0 Å². The monoisotopic (exact) mass is 211 g/mol. The summed E-state index contributed by atoms with van der Waals surface area (Å²) in [4.78, 5) is 0. The van der Waals surface area contributed by atoms with Crippen molar-refractivity contribution in [3.05, 3.63) is 35.6 Å². The van der Waals surface area contributed by atoms with Crippen LogP contribution in [-0.4, -0.2) is 17.8 Å². The molecule has 2 atom stereocenters. The molecule has 15 heavy (non-hydrogen) atoms. The molecule has 0 radical (unpaired) electrons. The van der Waals surface area contributed by atoms with E-state index >= 15 is 0 Å². The fraction of sp³-hybridized carbons (Fsp3) is 0.500. The van der Waals surface area contributed by atoms with Crippen LogP contribution in [0, 0.1) is 5.82 Å². The van der Waals surface area contributed by atoms with Gasteiger partial charge in [-0.25, -0.2) is 4.39 Å². The molecule has 0 aliphatic heterocycles. The number of aliphatic hydroxyl groups excluding tert-OH is 1. The number of benzene rings is 1. The van der Waals surface area contributed by atoms with Crippen LogP contribution in [0.15, 0.2) is 24.3 Å². The van der Waals surface area contributed by atoms with Crippen molar-refractivity contribution in [1.82, 2.24) is 5.32 Å². The van der Waals surface area contributed by atoms with E-state index in [4.69, 9.17) is 5.11 Å². The molecule has 0 heterocycles. The van der Waals surface area contributed by atoms with Gasteiger partial charge in [0, 0.05) is 18.2 Å². The molecular weight excluding hydrogens is 193 g/mol. The second-order valence-corrected chi connectivity index (χ2v) is 3.74. The fourth-order valence-corrected chi connectivity index (χ4v) is 1.54. The van der Waals surface area contributed by atoms with Crippen molar-refractivity contribution in [3.63, 3.8) is 0 Å². The Morgan fingerprint density at radius 1 is 1.40 bits per heavy atom. The van der Waals surface area contributed by atoms with Gasteiger partial charge in [0.05, 0.1) is 6.10 Å². The van der Waals surface area contributed by atoms with Crippen molar-refractivity contribution in [2.45, 2.75) is 32.4 Å². The first-order valence-electron chi connectivity index (χ1n) is 5.31. The SMILES string of the molecule is CCC(NC[C@H](C)O)c1ccccc1F. The molecule has 0 aliphatic rings. The largest absolute Gasteiger partial charge is 0.392 e. The summed E-state index contributed by atoms with van der Waals surface area (Å²) in [5.74, 6) is -0.192. The lowest BCUT2D eigenvalue weighted by Crippen LogP contribution is -2.28. The fourth-order valence-electron chi connectivity index (χ4n) is 1.54. The summed E-state index contributed by atoms with van der Waals surface area (Å²) in [6.07, 6.45) is 0.388. The van der Waals surface area contributed by atoms with Crippen molar-refractivity contribution < 1.29 is 9.50 Å². The molecule has 1 aromatic rings. The minimum Gasteiger partial charge on any atom is -0.392 e. The summed E-state index contributed by atoms with van der Waals surface area (Å²) in [5.41, 5.74) is 0.667. The van der Waals surface area contributed by atoms with Crippen LogP contribution < -0.4 is 5.32 Å². The van der Waals surface area contributed by atoms with Gasteiger partial charge in [0.15, 0.2) is 0 Å². The van der Waals surface area contributed by atoms with E-state index in [9.17, 15) is 4.39 Å². The number of halogens is 1. The number of rotatable bonds is 5. The highest BCUT2D eigenvalue weighted by Crippen LogP contribution is 2.19. The zero-order valence-electron chi connectivity index (χ0n) is 9.20. The van der Waals surface area contributed by atoms with Crippen LogP contribution in [0.5, 0.6) is 0 Å². The molecule has 0 bridgehead atoms. The van der Waals surface area contributed by atoms with Gasteiger partial charge in [0.25, 0.3) is 0 Å². The second-order valence-electron chi connectivity index (χ2n) is 3.74. The predicted molar refractivity (Wildman–Crippen MR) is 59.1 cm³/mol. The van der Waals surface area contributed by atoms with Gasteiger partial charge in [-0.05, 0) is 19.4 Å². The number of hydrogen-bond acceptors (Lipinski definition) is 2. The van der Waals surface area contributed by atoms with Crippen molar-refractivity contribution in [2.24, 2.45) is 0 Å². The van der Waals surface area contributed by atoms with E-state index in [0.717, 1.165) is 6.42 Å². The van der Waals surface area contributed by atoms with Gasteiger partial charge in [-0.3, -0.25) is 0 Å². The number of aliphatic hydroxyl groups is 1. The standard InChI is InChI=1S/C12H18FNO/c1-3-12(14-8-9(2)15)10-6-4-5-7-11(10)13/h4-7,9,12,14-15H,3,8H2,1-2H3/t9-,12?/m0/s1. The first-order valence-corrected chi connectivity index (χ1v) is 5.31.